The number of fused-ring (bicyclic) bond motifs is 2. The number of hydrogen-bond acceptors (Lipinski definition) is 5. The first-order valence-electron chi connectivity index (χ1n) is 16.4. The average molecular weight is 605 g/mol. The van der Waals surface area contributed by atoms with Crippen LogP contribution in [-0.2, 0) is 13.0 Å². The molecule has 0 spiro atoms. The molecular weight excluding hydrogens is 560 g/mol. The lowest BCUT2D eigenvalue weighted by Gasteiger charge is -2.22. The maximum absolute atomic E-state index is 11.8. The second kappa shape index (κ2) is 14.2. The van der Waals surface area contributed by atoms with Gasteiger partial charge in [0.2, 0.25) is 0 Å². The predicted octanol–water partition coefficient (Wildman–Crippen LogP) is 7.73. The Labute approximate surface area is 266 Å². The van der Waals surface area contributed by atoms with Crippen molar-refractivity contribution in [3.8, 4) is 16.9 Å². The molecule has 0 saturated carbocycles. The summed E-state index contributed by atoms with van der Waals surface area (Å²) in [6.45, 7) is 7.70. The molecule has 1 fully saturated rings. The van der Waals surface area contributed by atoms with Crippen molar-refractivity contribution in [2.24, 2.45) is 0 Å². The molecule has 1 unspecified atom stereocenters. The largest absolute Gasteiger partial charge is 0.491 e. The summed E-state index contributed by atoms with van der Waals surface area (Å²) < 4.78 is 8.81. The molecule has 4 aromatic rings. The van der Waals surface area contributed by atoms with Crippen LogP contribution in [0.1, 0.15) is 72.8 Å². The maximum Gasteiger partial charge on any atom is 0.336 e. The minimum atomic E-state index is -0.917. The number of aryl methyl sites for hydroxylation is 2. The number of aromatic nitrogens is 2. The molecule has 2 N–H and O–H groups in total. The summed E-state index contributed by atoms with van der Waals surface area (Å²) in [6.07, 6.45) is 14.1. The van der Waals surface area contributed by atoms with Gasteiger partial charge < -0.3 is 19.3 Å². The van der Waals surface area contributed by atoms with Crippen LogP contribution in [-0.4, -0.2) is 51.4 Å². The molecule has 1 aliphatic carbocycles. The molecule has 1 saturated heterocycles. The number of allylic oxidation sites excluding steroid dienone is 2. The number of unbranched alkanes of at least 4 members (excludes halogenated alkanes) is 3. The highest BCUT2D eigenvalue weighted by molar-refractivity contribution is 5.96. The zero-order chi connectivity index (χ0) is 31.2. The number of carbonyl (C=O) groups is 1. The molecule has 45 heavy (non-hydrogen) atoms. The summed E-state index contributed by atoms with van der Waals surface area (Å²) in [6, 6.07) is 20.1. The van der Waals surface area contributed by atoms with Crippen molar-refractivity contribution in [1.29, 1.82) is 0 Å². The Kier molecular flexibility index (Phi) is 9.65. The van der Waals surface area contributed by atoms with Gasteiger partial charge in [0.15, 0.2) is 0 Å². The third-order valence-electron chi connectivity index (χ3n) is 9.01. The lowest BCUT2D eigenvalue weighted by molar-refractivity contribution is 0.0697. The van der Waals surface area contributed by atoms with Gasteiger partial charge in [-0.1, -0.05) is 74.0 Å². The Morgan fingerprint density at radius 2 is 1.89 bits per heavy atom. The Balaban J connectivity index is 1.16. The van der Waals surface area contributed by atoms with Gasteiger partial charge in [0.25, 0.3) is 0 Å². The molecule has 1 aliphatic heterocycles. The van der Waals surface area contributed by atoms with E-state index in [9.17, 15) is 9.90 Å². The summed E-state index contributed by atoms with van der Waals surface area (Å²) in [7, 11) is 0. The van der Waals surface area contributed by atoms with Gasteiger partial charge in [-0.3, -0.25) is 5.32 Å². The summed E-state index contributed by atoms with van der Waals surface area (Å²) in [5, 5.41) is 13.3. The normalized spacial score (nSPS) is 15.8. The van der Waals surface area contributed by atoms with Gasteiger partial charge in [-0.2, -0.15) is 0 Å². The van der Waals surface area contributed by atoms with E-state index in [1.54, 1.807) is 12.1 Å². The maximum atomic E-state index is 11.8. The second-order valence-electron chi connectivity index (χ2n) is 12.2. The quantitative estimate of drug-likeness (QED) is 0.144. The lowest BCUT2D eigenvalue weighted by atomic mass is 9.98. The van der Waals surface area contributed by atoms with E-state index in [4.69, 9.17) is 9.72 Å². The number of carboxylic acids is 1. The van der Waals surface area contributed by atoms with Crippen LogP contribution in [0.3, 0.4) is 0 Å². The highest BCUT2D eigenvalue weighted by Gasteiger charge is 2.26. The fourth-order valence-corrected chi connectivity index (χ4v) is 6.50. The van der Waals surface area contributed by atoms with E-state index in [2.05, 4.69) is 71.1 Å². The van der Waals surface area contributed by atoms with Gasteiger partial charge in [0.1, 0.15) is 17.1 Å². The highest BCUT2D eigenvalue weighted by atomic mass is 16.5. The van der Waals surface area contributed by atoms with Gasteiger partial charge in [-0.15, -0.1) is 0 Å². The number of hydrogen-bond donors (Lipinski definition) is 2. The molecule has 2 heterocycles. The van der Waals surface area contributed by atoms with E-state index < -0.39 is 5.97 Å². The van der Waals surface area contributed by atoms with E-state index in [1.165, 1.54) is 5.70 Å². The number of aromatic carboxylic acids is 1. The Morgan fingerprint density at radius 3 is 2.71 bits per heavy atom. The topological polar surface area (TPSA) is 79.6 Å². The fraction of sp³-hybridized carbons (Fsp3) is 0.368. The third-order valence-corrected chi connectivity index (χ3v) is 9.01. The molecule has 0 bridgehead atoms. The van der Waals surface area contributed by atoms with Crippen LogP contribution in [0.2, 0.25) is 0 Å². The standard InChI is InChI=1S/C38H44N4O3/c1-3-4-16-35-40-36-27(2)17-22-34(45-24-11-5-10-23-41-26-39-32-14-8-9-15-33(32)41)37(36)42(35)25-28-18-20-29(21-19-28)30-12-6-7-13-31(30)38(43)44/h6-9,12-13,15,17-22,32,39H,3-5,10-11,14,16,23-26H2,1-2H3,(H,43,44). The highest BCUT2D eigenvalue weighted by Crippen LogP contribution is 2.32. The second-order valence-corrected chi connectivity index (χ2v) is 12.2. The van der Waals surface area contributed by atoms with Gasteiger partial charge in [-0.25, -0.2) is 9.78 Å². The van der Waals surface area contributed by atoms with Gasteiger partial charge in [0, 0.05) is 25.2 Å². The van der Waals surface area contributed by atoms with Gasteiger partial charge >= 0.3 is 5.97 Å². The molecular formula is C38H44N4O3. The third kappa shape index (κ3) is 6.84. The Hall–Kier alpha value is -4.36. The summed E-state index contributed by atoms with van der Waals surface area (Å²) >= 11 is 0. The number of benzene rings is 3. The molecule has 7 heteroatoms. The zero-order valence-electron chi connectivity index (χ0n) is 26.5. The molecule has 3 aromatic carbocycles. The van der Waals surface area contributed by atoms with Gasteiger partial charge in [-0.05, 0) is 79.5 Å². The minimum Gasteiger partial charge on any atom is -0.491 e. The molecule has 7 nitrogen and oxygen atoms in total. The molecule has 2 aliphatic rings. The summed E-state index contributed by atoms with van der Waals surface area (Å²) in [5.41, 5.74) is 7.73. The molecule has 234 valence electrons. The number of rotatable bonds is 14. The smallest absolute Gasteiger partial charge is 0.336 e. The van der Waals surface area contributed by atoms with Crippen LogP contribution in [0.25, 0.3) is 22.2 Å². The van der Waals surface area contributed by atoms with Crippen LogP contribution >= 0.6 is 0 Å². The summed E-state index contributed by atoms with van der Waals surface area (Å²) in [5.74, 6) is 1.05. The molecule has 1 aromatic heterocycles. The van der Waals surface area contributed by atoms with E-state index in [1.807, 2.05) is 24.3 Å². The van der Waals surface area contributed by atoms with E-state index in [0.29, 0.717) is 24.8 Å². The first-order chi connectivity index (χ1) is 22.0. The molecule has 0 radical (unpaired) electrons. The van der Waals surface area contributed by atoms with E-state index in [0.717, 1.165) is 103 Å². The zero-order valence-corrected chi connectivity index (χ0v) is 26.5. The van der Waals surface area contributed by atoms with Crippen LogP contribution in [0.15, 0.2) is 84.6 Å². The van der Waals surface area contributed by atoms with Crippen LogP contribution in [0, 0.1) is 6.92 Å². The fourth-order valence-electron chi connectivity index (χ4n) is 6.50. The predicted molar refractivity (Wildman–Crippen MR) is 181 cm³/mol. The Morgan fingerprint density at radius 1 is 1.04 bits per heavy atom. The van der Waals surface area contributed by atoms with E-state index in [-0.39, 0.29) is 0 Å². The first kappa shape index (κ1) is 30.7. The Bertz CT molecular complexity index is 1700. The van der Waals surface area contributed by atoms with Crippen molar-refractivity contribution in [2.45, 2.75) is 71.4 Å². The van der Waals surface area contributed by atoms with Crippen molar-refractivity contribution in [2.75, 3.05) is 19.8 Å². The minimum absolute atomic E-state index is 0.311. The molecule has 1 atom stereocenters. The molecule has 6 rings (SSSR count). The number of nitrogens with zero attached hydrogens (tertiary/aromatic N) is 3. The SMILES string of the molecule is CCCCc1nc2c(C)ccc(OCCCCCN3CNC4CC=CC=C43)c2n1Cc1ccc(-c2ccccc2C(=O)O)cc1. The summed E-state index contributed by atoms with van der Waals surface area (Å²) in [4.78, 5) is 19.4. The number of ether oxygens (including phenoxy) is 1. The average Bonchev–Trinajstić information content (AvgIpc) is 3.65. The number of nitrogens with one attached hydrogen (secondary N) is 1. The number of imidazole rings is 1. The van der Waals surface area contributed by atoms with Crippen molar-refractivity contribution >= 4 is 17.0 Å². The lowest BCUT2D eigenvalue weighted by Crippen LogP contribution is -2.22. The van der Waals surface area contributed by atoms with Crippen molar-refractivity contribution in [3.05, 3.63) is 107 Å². The first-order valence-corrected chi connectivity index (χ1v) is 16.4. The molecule has 0 amide bonds. The number of carboxylic acid groups (broad SMARTS) is 1. The van der Waals surface area contributed by atoms with Crippen LogP contribution in [0.5, 0.6) is 5.75 Å². The van der Waals surface area contributed by atoms with Crippen LogP contribution < -0.4 is 10.1 Å². The van der Waals surface area contributed by atoms with Crippen molar-refractivity contribution < 1.29 is 14.6 Å². The van der Waals surface area contributed by atoms with E-state index >= 15 is 0 Å². The van der Waals surface area contributed by atoms with Crippen molar-refractivity contribution in [1.82, 2.24) is 19.8 Å². The van der Waals surface area contributed by atoms with Crippen molar-refractivity contribution in [3.63, 3.8) is 0 Å². The van der Waals surface area contributed by atoms with Gasteiger partial charge in [0.05, 0.1) is 30.4 Å². The monoisotopic (exact) mass is 604 g/mol. The van der Waals surface area contributed by atoms with Crippen LogP contribution in [0.4, 0.5) is 0 Å².